The van der Waals surface area contributed by atoms with E-state index in [2.05, 4.69) is 20.5 Å². The highest BCUT2D eigenvalue weighted by molar-refractivity contribution is 7.99. The number of hydrogen-bond donors (Lipinski definition) is 1. The molecule has 0 aliphatic heterocycles. The summed E-state index contributed by atoms with van der Waals surface area (Å²) in [7, 11) is 0. The zero-order valence-corrected chi connectivity index (χ0v) is 12.6. The molecule has 0 saturated heterocycles. The minimum absolute atomic E-state index is 0.0855. The molecule has 1 N–H and O–H groups in total. The Balaban J connectivity index is 1.88. The van der Waals surface area contributed by atoms with Gasteiger partial charge in [-0.25, -0.2) is 4.98 Å². The second-order valence-corrected chi connectivity index (χ2v) is 6.05. The van der Waals surface area contributed by atoms with Crippen LogP contribution in [0.15, 0.2) is 16.9 Å². The van der Waals surface area contributed by atoms with Gasteiger partial charge in [0, 0.05) is 11.4 Å². The van der Waals surface area contributed by atoms with Crippen molar-refractivity contribution in [1.29, 1.82) is 0 Å². The average Bonchev–Trinajstić information content (AvgIpc) is 2.95. The highest BCUT2D eigenvalue weighted by atomic mass is 32.2. The standard InChI is InChI=1S/C11H15N5OS2/c1-7(2)16-6-12-15-11(16)19-5-9(17)14-10-13-8(3)4-18-10/h4,6-7H,5H2,1-3H3,(H,13,14,17). The monoisotopic (exact) mass is 297 g/mol. The topological polar surface area (TPSA) is 72.7 Å². The van der Waals surface area contributed by atoms with Gasteiger partial charge in [0.2, 0.25) is 5.91 Å². The maximum Gasteiger partial charge on any atom is 0.236 e. The molecule has 0 aliphatic rings. The van der Waals surface area contributed by atoms with Crippen LogP contribution in [0.3, 0.4) is 0 Å². The van der Waals surface area contributed by atoms with Crippen molar-refractivity contribution in [2.45, 2.75) is 32.0 Å². The Morgan fingerprint density at radius 3 is 3.00 bits per heavy atom. The van der Waals surface area contributed by atoms with Gasteiger partial charge in [-0.2, -0.15) is 0 Å². The number of aromatic nitrogens is 4. The van der Waals surface area contributed by atoms with Crippen molar-refractivity contribution in [1.82, 2.24) is 19.7 Å². The number of rotatable bonds is 5. The van der Waals surface area contributed by atoms with Gasteiger partial charge in [-0.05, 0) is 20.8 Å². The van der Waals surface area contributed by atoms with E-state index in [1.54, 1.807) is 6.33 Å². The zero-order valence-electron chi connectivity index (χ0n) is 11.0. The van der Waals surface area contributed by atoms with Crippen LogP contribution in [-0.2, 0) is 4.79 Å². The minimum Gasteiger partial charge on any atom is -0.306 e. The average molecular weight is 297 g/mol. The van der Waals surface area contributed by atoms with Gasteiger partial charge in [0.1, 0.15) is 6.33 Å². The first-order valence-electron chi connectivity index (χ1n) is 5.80. The van der Waals surface area contributed by atoms with E-state index in [1.807, 2.05) is 30.7 Å². The van der Waals surface area contributed by atoms with Crippen LogP contribution in [0.4, 0.5) is 5.13 Å². The fourth-order valence-corrected chi connectivity index (χ4v) is 2.93. The van der Waals surface area contributed by atoms with Crippen molar-refractivity contribution in [3.63, 3.8) is 0 Å². The first-order valence-corrected chi connectivity index (χ1v) is 7.67. The summed E-state index contributed by atoms with van der Waals surface area (Å²) in [5, 5.41) is 13.9. The molecular formula is C11H15N5OS2. The van der Waals surface area contributed by atoms with E-state index >= 15 is 0 Å². The van der Waals surface area contributed by atoms with Crippen LogP contribution in [0, 0.1) is 6.92 Å². The minimum atomic E-state index is -0.0855. The second-order valence-electron chi connectivity index (χ2n) is 4.25. The number of aryl methyl sites for hydroxylation is 1. The molecule has 0 spiro atoms. The highest BCUT2D eigenvalue weighted by Crippen LogP contribution is 2.20. The molecule has 2 rings (SSSR count). The number of nitrogens with zero attached hydrogens (tertiary/aromatic N) is 4. The van der Waals surface area contributed by atoms with Gasteiger partial charge in [-0.15, -0.1) is 21.5 Å². The quantitative estimate of drug-likeness (QED) is 0.858. The normalized spacial score (nSPS) is 10.9. The number of anilines is 1. The molecule has 0 aliphatic carbocycles. The van der Waals surface area contributed by atoms with E-state index in [0.29, 0.717) is 10.9 Å². The van der Waals surface area contributed by atoms with Crippen molar-refractivity contribution in [2.24, 2.45) is 0 Å². The summed E-state index contributed by atoms with van der Waals surface area (Å²) in [5.41, 5.74) is 0.910. The summed E-state index contributed by atoms with van der Waals surface area (Å²) in [4.78, 5) is 16.0. The third kappa shape index (κ3) is 3.77. The predicted molar refractivity (Wildman–Crippen MR) is 76.6 cm³/mol. The van der Waals surface area contributed by atoms with Gasteiger partial charge in [0.25, 0.3) is 0 Å². The highest BCUT2D eigenvalue weighted by Gasteiger charge is 2.11. The summed E-state index contributed by atoms with van der Waals surface area (Å²) < 4.78 is 1.94. The van der Waals surface area contributed by atoms with Gasteiger partial charge in [0.15, 0.2) is 10.3 Å². The number of carbonyl (C=O) groups is 1. The molecule has 0 fully saturated rings. The molecule has 19 heavy (non-hydrogen) atoms. The van der Waals surface area contributed by atoms with Crippen LogP contribution < -0.4 is 5.32 Å². The summed E-state index contributed by atoms with van der Waals surface area (Å²) in [5.74, 6) is 0.210. The van der Waals surface area contributed by atoms with Crippen molar-refractivity contribution in [2.75, 3.05) is 11.1 Å². The number of hydrogen-bond acceptors (Lipinski definition) is 6. The molecule has 2 heterocycles. The maximum absolute atomic E-state index is 11.8. The third-order valence-corrected chi connectivity index (χ3v) is 4.13. The largest absolute Gasteiger partial charge is 0.306 e. The number of carbonyl (C=O) groups excluding carboxylic acids is 1. The molecule has 0 unspecified atom stereocenters. The van der Waals surface area contributed by atoms with E-state index < -0.39 is 0 Å². The van der Waals surface area contributed by atoms with Gasteiger partial charge in [0.05, 0.1) is 11.4 Å². The Kier molecular flexibility index (Phi) is 4.54. The lowest BCUT2D eigenvalue weighted by molar-refractivity contribution is -0.113. The molecule has 1 amide bonds. The first kappa shape index (κ1) is 14.0. The van der Waals surface area contributed by atoms with Gasteiger partial charge < -0.3 is 9.88 Å². The molecule has 0 radical (unpaired) electrons. The predicted octanol–water partition coefficient (Wildman–Crippen LogP) is 2.35. The molecule has 0 atom stereocenters. The van der Waals surface area contributed by atoms with E-state index in [1.165, 1.54) is 23.1 Å². The molecule has 6 nitrogen and oxygen atoms in total. The van der Waals surface area contributed by atoms with Gasteiger partial charge >= 0.3 is 0 Å². The Morgan fingerprint density at radius 2 is 2.37 bits per heavy atom. The van der Waals surface area contributed by atoms with Crippen LogP contribution in [0.5, 0.6) is 0 Å². The van der Waals surface area contributed by atoms with E-state index in [9.17, 15) is 4.79 Å². The van der Waals surface area contributed by atoms with Crippen molar-refractivity contribution < 1.29 is 4.79 Å². The number of nitrogens with one attached hydrogen (secondary N) is 1. The van der Waals surface area contributed by atoms with E-state index in [4.69, 9.17) is 0 Å². The lowest BCUT2D eigenvalue weighted by Crippen LogP contribution is -2.14. The smallest absolute Gasteiger partial charge is 0.236 e. The fraction of sp³-hybridized carbons (Fsp3) is 0.455. The van der Waals surface area contributed by atoms with Crippen LogP contribution in [0.1, 0.15) is 25.6 Å². The van der Waals surface area contributed by atoms with Crippen LogP contribution in [-0.4, -0.2) is 31.4 Å². The SMILES string of the molecule is Cc1csc(NC(=O)CSc2nncn2C(C)C)n1. The molecule has 2 aromatic heterocycles. The number of amides is 1. The molecule has 102 valence electrons. The Hall–Kier alpha value is -1.41. The third-order valence-electron chi connectivity index (χ3n) is 2.29. The molecule has 0 bridgehead atoms. The molecule has 0 saturated carbocycles. The number of thioether (sulfide) groups is 1. The second kappa shape index (κ2) is 6.16. The molecular weight excluding hydrogens is 282 g/mol. The van der Waals surface area contributed by atoms with E-state index in [-0.39, 0.29) is 11.9 Å². The lowest BCUT2D eigenvalue weighted by atomic mass is 10.4. The van der Waals surface area contributed by atoms with Crippen LogP contribution >= 0.6 is 23.1 Å². The maximum atomic E-state index is 11.8. The molecule has 2 aromatic rings. The lowest BCUT2D eigenvalue weighted by Gasteiger charge is -2.08. The van der Waals surface area contributed by atoms with Crippen LogP contribution in [0.25, 0.3) is 0 Å². The van der Waals surface area contributed by atoms with Crippen molar-refractivity contribution in [3.05, 3.63) is 17.4 Å². The molecule has 0 aromatic carbocycles. The zero-order chi connectivity index (χ0) is 13.8. The fourth-order valence-electron chi connectivity index (χ4n) is 1.39. The summed E-state index contributed by atoms with van der Waals surface area (Å²) in [6.07, 6.45) is 1.68. The first-order chi connectivity index (χ1) is 9.06. The Bertz CT molecular complexity index is 563. The van der Waals surface area contributed by atoms with Crippen molar-refractivity contribution in [3.8, 4) is 0 Å². The van der Waals surface area contributed by atoms with Gasteiger partial charge in [-0.3, -0.25) is 4.79 Å². The van der Waals surface area contributed by atoms with Gasteiger partial charge in [-0.1, -0.05) is 11.8 Å². The summed E-state index contributed by atoms with van der Waals surface area (Å²) >= 11 is 2.79. The molecule has 8 heteroatoms. The summed E-state index contributed by atoms with van der Waals surface area (Å²) in [6, 6.07) is 0.280. The number of thiazole rings is 1. The Labute approximate surface area is 119 Å². The summed E-state index contributed by atoms with van der Waals surface area (Å²) in [6.45, 7) is 5.99. The van der Waals surface area contributed by atoms with Crippen molar-refractivity contribution >= 4 is 34.1 Å². The Morgan fingerprint density at radius 1 is 1.58 bits per heavy atom. The van der Waals surface area contributed by atoms with Crippen LogP contribution in [0.2, 0.25) is 0 Å². The van der Waals surface area contributed by atoms with E-state index in [0.717, 1.165) is 10.9 Å².